The Labute approximate surface area is 228 Å². The average Bonchev–Trinajstić information content (AvgIpc) is 3.38. The van der Waals surface area contributed by atoms with Gasteiger partial charge in [0.25, 0.3) is 0 Å². The maximum atomic E-state index is 8.62. The molecule has 4 aromatic rings. The summed E-state index contributed by atoms with van der Waals surface area (Å²) in [5.41, 5.74) is 10.1. The number of aromatic nitrogens is 3. The van der Waals surface area contributed by atoms with E-state index in [2.05, 4.69) is 90.2 Å². The van der Waals surface area contributed by atoms with Gasteiger partial charge in [-0.15, -0.1) is 0 Å². The minimum atomic E-state index is -0.177. The number of amidine groups is 1. The summed E-state index contributed by atoms with van der Waals surface area (Å²) in [5.74, 6) is 1.04. The maximum absolute atomic E-state index is 8.62. The minimum Gasteiger partial charge on any atom is -0.395 e. The second kappa shape index (κ2) is 10.7. The third kappa shape index (κ3) is 4.75. The van der Waals surface area contributed by atoms with Gasteiger partial charge in [-0.25, -0.2) is 9.98 Å². The van der Waals surface area contributed by atoms with Crippen molar-refractivity contribution in [2.75, 3.05) is 13.2 Å². The Morgan fingerprint density at radius 2 is 1.84 bits per heavy atom. The van der Waals surface area contributed by atoms with E-state index < -0.39 is 0 Å². The van der Waals surface area contributed by atoms with Crippen LogP contribution in [-0.4, -0.2) is 38.6 Å². The Kier molecular flexibility index (Phi) is 7.38. The lowest BCUT2D eigenvalue weighted by Crippen LogP contribution is -2.37. The molecule has 1 unspecified atom stereocenters. The zero-order chi connectivity index (χ0) is 26.9. The van der Waals surface area contributed by atoms with Crippen molar-refractivity contribution in [2.45, 2.75) is 44.6 Å². The van der Waals surface area contributed by atoms with Gasteiger partial charge in [-0.1, -0.05) is 30.3 Å². The summed E-state index contributed by atoms with van der Waals surface area (Å²) in [7, 11) is 1.95. The number of hydrogen-bond acceptors (Lipinski definition) is 7. The predicted octanol–water partition coefficient (Wildman–Crippen LogP) is 5.06. The van der Waals surface area contributed by atoms with E-state index in [1.54, 1.807) is 18.1 Å². The van der Waals surface area contributed by atoms with Gasteiger partial charge in [0.05, 0.1) is 29.6 Å². The van der Waals surface area contributed by atoms with Gasteiger partial charge in [-0.2, -0.15) is 0 Å². The molecule has 1 atom stereocenters. The van der Waals surface area contributed by atoms with Gasteiger partial charge in [0, 0.05) is 36.8 Å². The maximum Gasteiger partial charge on any atom is 0.158 e. The van der Waals surface area contributed by atoms with E-state index in [0.29, 0.717) is 13.1 Å². The molecular weight excluding hydrogens is 492 g/mol. The van der Waals surface area contributed by atoms with E-state index in [1.165, 1.54) is 32.7 Å². The number of fused-ring (bicyclic) bond motifs is 5. The van der Waals surface area contributed by atoms with E-state index in [-0.39, 0.29) is 12.0 Å². The van der Waals surface area contributed by atoms with Crippen molar-refractivity contribution < 1.29 is 5.11 Å². The molecule has 0 fully saturated rings. The molecule has 2 aromatic carbocycles. The third-order valence-corrected chi connectivity index (χ3v) is 8.20. The molecule has 0 saturated carbocycles. The predicted molar refractivity (Wildman–Crippen MR) is 156 cm³/mol. The summed E-state index contributed by atoms with van der Waals surface area (Å²) in [6, 6.07) is 17.2. The molecule has 3 N–H and O–H groups in total. The normalized spacial score (nSPS) is 17.9. The Balaban J connectivity index is 0.000000170. The first-order chi connectivity index (χ1) is 18.3. The SMILES string of the molecule is CC1=C(c2c(C)cccc2C)N=C2NSc3cccc(c3)C21C.Cn1ccc2ncc(CNCCO)nc21. The molecule has 0 amide bonds. The first-order valence-corrected chi connectivity index (χ1v) is 13.6. The molecule has 7 nitrogen and oxygen atoms in total. The molecule has 8 heteroatoms. The van der Waals surface area contributed by atoms with Crippen molar-refractivity contribution >= 4 is 34.6 Å². The zero-order valence-electron chi connectivity index (χ0n) is 22.5. The van der Waals surface area contributed by atoms with Crippen LogP contribution >= 0.6 is 11.9 Å². The van der Waals surface area contributed by atoms with Crippen LogP contribution in [0.3, 0.4) is 0 Å². The van der Waals surface area contributed by atoms with Gasteiger partial charge in [-0.05, 0) is 80.1 Å². The summed E-state index contributed by atoms with van der Waals surface area (Å²) in [6.07, 6.45) is 3.70. The molecule has 0 aliphatic carbocycles. The minimum absolute atomic E-state index is 0.139. The van der Waals surface area contributed by atoms with E-state index >= 15 is 0 Å². The highest BCUT2D eigenvalue weighted by atomic mass is 32.2. The van der Waals surface area contributed by atoms with Crippen LogP contribution in [0.2, 0.25) is 0 Å². The topological polar surface area (TPSA) is 87.4 Å². The summed E-state index contributed by atoms with van der Waals surface area (Å²) in [4.78, 5) is 15.0. The van der Waals surface area contributed by atoms with Crippen LogP contribution in [0, 0.1) is 13.8 Å². The van der Waals surface area contributed by atoms with Gasteiger partial charge < -0.3 is 19.7 Å². The molecule has 0 radical (unpaired) electrons. The highest BCUT2D eigenvalue weighted by Gasteiger charge is 2.43. The van der Waals surface area contributed by atoms with Gasteiger partial charge in [-0.3, -0.25) is 4.98 Å². The first-order valence-electron chi connectivity index (χ1n) is 12.8. The number of nitrogens with one attached hydrogen (secondary N) is 2. The Morgan fingerprint density at radius 3 is 2.61 bits per heavy atom. The molecule has 6 rings (SSSR count). The third-order valence-electron chi connectivity index (χ3n) is 7.41. The second-order valence-corrected chi connectivity index (χ2v) is 10.8. The monoisotopic (exact) mass is 526 g/mol. The molecule has 2 bridgehead atoms. The lowest BCUT2D eigenvalue weighted by Gasteiger charge is -2.27. The van der Waals surface area contributed by atoms with E-state index in [9.17, 15) is 0 Å². The molecule has 196 valence electrons. The van der Waals surface area contributed by atoms with Crippen molar-refractivity contribution in [1.82, 2.24) is 24.6 Å². The van der Waals surface area contributed by atoms with Crippen molar-refractivity contribution in [3.63, 3.8) is 0 Å². The van der Waals surface area contributed by atoms with Gasteiger partial charge in [0.15, 0.2) is 5.65 Å². The van der Waals surface area contributed by atoms with Crippen molar-refractivity contribution in [3.8, 4) is 0 Å². The second-order valence-electron chi connectivity index (χ2n) is 9.95. The first kappa shape index (κ1) is 26.2. The van der Waals surface area contributed by atoms with E-state index in [1.807, 2.05) is 23.9 Å². The quantitative estimate of drug-likeness (QED) is 0.249. The highest BCUT2D eigenvalue weighted by Crippen LogP contribution is 2.46. The Hall–Kier alpha value is -3.46. The molecule has 2 aromatic heterocycles. The number of rotatable bonds is 5. The highest BCUT2D eigenvalue weighted by molar-refractivity contribution is 7.98. The van der Waals surface area contributed by atoms with Crippen LogP contribution in [0.25, 0.3) is 16.9 Å². The summed E-state index contributed by atoms with van der Waals surface area (Å²) < 4.78 is 5.43. The van der Waals surface area contributed by atoms with Crippen LogP contribution in [0.15, 0.2) is 76.4 Å². The van der Waals surface area contributed by atoms with E-state index in [4.69, 9.17) is 10.1 Å². The summed E-state index contributed by atoms with van der Waals surface area (Å²) in [6.45, 7) is 10.2. The number of hydrogen-bond donors (Lipinski definition) is 3. The van der Waals surface area contributed by atoms with E-state index in [0.717, 1.165) is 28.4 Å². The fraction of sp³-hybridized carbons (Fsp3) is 0.300. The Morgan fingerprint density at radius 1 is 1.08 bits per heavy atom. The van der Waals surface area contributed by atoms with Crippen molar-refractivity contribution in [1.29, 1.82) is 0 Å². The molecule has 2 aliphatic heterocycles. The molecule has 2 aliphatic rings. The number of aliphatic hydroxyl groups excluding tert-OH is 1. The lowest BCUT2D eigenvalue weighted by molar-refractivity contribution is 0.291. The molecular formula is C30H34N6OS. The van der Waals surface area contributed by atoms with Crippen molar-refractivity contribution in [2.24, 2.45) is 12.0 Å². The molecule has 0 spiro atoms. The fourth-order valence-corrected chi connectivity index (χ4v) is 5.84. The summed E-state index contributed by atoms with van der Waals surface area (Å²) in [5, 5.41) is 11.7. The molecule has 38 heavy (non-hydrogen) atoms. The van der Waals surface area contributed by atoms with Crippen LogP contribution < -0.4 is 10.0 Å². The van der Waals surface area contributed by atoms with Crippen LogP contribution in [-0.2, 0) is 19.0 Å². The number of nitrogens with zero attached hydrogens (tertiary/aromatic N) is 4. The largest absolute Gasteiger partial charge is 0.395 e. The fourth-order valence-electron chi connectivity index (χ4n) is 5.04. The van der Waals surface area contributed by atoms with Gasteiger partial charge >= 0.3 is 0 Å². The van der Waals surface area contributed by atoms with Gasteiger partial charge in [0.2, 0.25) is 0 Å². The smallest absolute Gasteiger partial charge is 0.158 e. The standard InChI is InChI=1S/C20H20N2S.C10H14N4O/c1-12-7-5-8-13(2)17(12)18-14(3)20(4)15-9-6-10-16(11-15)23-22-19(20)21-18;1-14-4-2-9-10(14)13-8(7-12-9)6-11-3-5-15/h5-11H,1-4H3,(H,21,22);2,4,7,11,15H,3,5-6H2,1H3. The number of benzene rings is 2. The van der Waals surface area contributed by atoms with Crippen LogP contribution in [0.1, 0.15) is 41.8 Å². The van der Waals surface area contributed by atoms with Crippen molar-refractivity contribution in [3.05, 3.63) is 94.4 Å². The zero-order valence-corrected chi connectivity index (χ0v) is 23.4. The lowest BCUT2D eigenvalue weighted by atomic mass is 9.75. The molecule has 4 heterocycles. The number of aryl methyl sites for hydroxylation is 3. The number of aliphatic hydroxyl groups is 1. The number of aliphatic imine (C=N–C) groups is 1. The van der Waals surface area contributed by atoms with Crippen LogP contribution in [0.4, 0.5) is 0 Å². The van der Waals surface area contributed by atoms with Gasteiger partial charge in [0.1, 0.15) is 11.4 Å². The van der Waals surface area contributed by atoms with Crippen LogP contribution in [0.5, 0.6) is 0 Å². The molecule has 0 saturated heterocycles. The Bertz CT molecular complexity index is 1540. The summed E-state index contributed by atoms with van der Waals surface area (Å²) >= 11 is 1.65. The average molecular weight is 527 g/mol.